The highest BCUT2D eigenvalue weighted by Crippen LogP contribution is 2.24. The average Bonchev–Trinajstić information content (AvgIpc) is 2.74. The lowest BCUT2D eigenvalue weighted by atomic mass is 10.1. The van der Waals surface area contributed by atoms with Gasteiger partial charge < -0.3 is 15.5 Å². The number of carbonyl (C=O) groups is 2. The molecule has 0 aliphatic carbocycles. The summed E-state index contributed by atoms with van der Waals surface area (Å²) in [6.07, 6.45) is 1.27. The number of nitrogens with two attached hydrogens (primary N) is 1. The fraction of sp³-hybridized carbons (Fsp3) is 0.467. The standard InChI is InChI=1S/C15H20ClN3O2/c1-2-13(20)18-7-4-8-19(10-9-18)15(21)11-5-3-6-12(16)14(11)17/h3,5-6H,2,4,7-10,17H2,1H3. The van der Waals surface area contributed by atoms with Crippen molar-refractivity contribution in [1.29, 1.82) is 0 Å². The van der Waals surface area contributed by atoms with E-state index in [0.717, 1.165) is 6.42 Å². The first-order valence-corrected chi connectivity index (χ1v) is 7.53. The Balaban J connectivity index is 2.10. The van der Waals surface area contributed by atoms with Gasteiger partial charge >= 0.3 is 0 Å². The number of hydrogen-bond acceptors (Lipinski definition) is 3. The van der Waals surface area contributed by atoms with Crippen LogP contribution in [0.3, 0.4) is 0 Å². The summed E-state index contributed by atoms with van der Waals surface area (Å²) in [6.45, 7) is 4.26. The summed E-state index contributed by atoms with van der Waals surface area (Å²) >= 11 is 5.96. The first-order chi connectivity index (χ1) is 10.0. The Bertz CT molecular complexity index is 548. The summed E-state index contributed by atoms with van der Waals surface area (Å²) in [6, 6.07) is 5.07. The minimum absolute atomic E-state index is 0.124. The lowest BCUT2D eigenvalue weighted by molar-refractivity contribution is -0.130. The second-order valence-electron chi connectivity index (χ2n) is 5.08. The molecule has 2 amide bonds. The number of para-hydroxylation sites is 1. The molecule has 1 heterocycles. The largest absolute Gasteiger partial charge is 0.397 e. The van der Waals surface area contributed by atoms with Crippen LogP contribution in [0.25, 0.3) is 0 Å². The lowest BCUT2D eigenvalue weighted by Crippen LogP contribution is -2.37. The Kier molecular flexibility index (Phi) is 5.07. The number of rotatable bonds is 2. The van der Waals surface area contributed by atoms with Crippen molar-refractivity contribution < 1.29 is 9.59 Å². The molecular formula is C15H20ClN3O2. The molecule has 0 atom stereocenters. The number of hydrogen-bond donors (Lipinski definition) is 1. The van der Waals surface area contributed by atoms with E-state index in [0.29, 0.717) is 48.9 Å². The Labute approximate surface area is 129 Å². The molecule has 21 heavy (non-hydrogen) atoms. The van der Waals surface area contributed by atoms with Crippen LogP contribution in [0.15, 0.2) is 18.2 Å². The number of nitrogens with zero attached hydrogens (tertiary/aromatic N) is 2. The molecule has 1 fully saturated rings. The van der Waals surface area contributed by atoms with E-state index in [-0.39, 0.29) is 11.8 Å². The van der Waals surface area contributed by atoms with Gasteiger partial charge in [0.1, 0.15) is 0 Å². The van der Waals surface area contributed by atoms with Gasteiger partial charge in [-0.2, -0.15) is 0 Å². The van der Waals surface area contributed by atoms with Crippen molar-refractivity contribution in [2.75, 3.05) is 31.9 Å². The monoisotopic (exact) mass is 309 g/mol. The third kappa shape index (κ3) is 3.47. The van der Waals surface area contributed by atoms with Gasteiger partial charge in [-0.05, 0) is 18.6 Å². The smallest absolute Gasteiger partial charge is 0.256 e. The molecule has 2 N–H and O–H groups in total. The second-order valence-corrected chi connectivity index (χ2v) is 5.49. The first-order valence-electron chi connectivity index (χ1n) is 7.15. The molecule has 1 aliphatic heterocycles. The minimum atomic E-state index is -0.124. The highest BCUT2D eigenvalue weighted by Gasteiger charge is 2.23. The van der Waals surface area contributed by atoms with Crippen molar-refractivity contribution in [3.05, 3.63) is 28.8 Å². The van der Waals surface area contributed by atoms with Gasteiger partial charge in [0.15, 0.2) is 0 Å². The van der Waals surface area contributed by atoms with Crippen LogP contribution >= 0.6 is 11.6 Å². The summed E-state index contributed by atoms with van der Waals surface area (Å²) < 4.78 is 0. The zero-order valence-electron chi connectivity index (χ0n) is 12.1. The van der Waals surface area contributed by atoms with E-state index in [1.54, 1.807) is 23.1 Å². The molecule has 0 bridgehead atoms. The van der Waals surface area contributed by atoms with Crippen LogP contribution in [-0.4, -0.2) is 47.8 Å². The predicted octanol–water partition coefficient (Wildman–Crippen LogP) is 2.01. The normalized spacial score (nSPS) is 15.7. The zero-order valence-corrected chi connectivity index (χ0v) is 12.9. The maximum absolute atomic E-state index is 12.6. The van der Waals surface area contributed by atoms with Crippen molar-refractivity contribution in [3.8, 4) is 0 Å². The lowest BCUT2D eigenvalue weighted by Gasteiger charge is -2.22. The topological polar surface area (TPSA) is 66.6 Å². The predicted molar refractivity (Wildman–Crippen MR) is 83.3 cm³/mol. The van der Waals surface area contributed by atoms with Gasteiger partial charge in [-0.3, -0.25) is 9.59 Å². The van der Waals surface area contributed by atoms with Crippen LogP contribution in [-0.2, 0) is 4.79 Å². The Morgan fingerprint density at radius 2 is 1.86 bits per heavy atom. The zero-order chi connectivity index (χ0) is 15.4. The summed E-state index contributed by atoms with van der Waals surface area (Å²) in [5, 5.41) is 0.387. The van der Waals surface area contributed by atoms with Crippen LogP contribution in [0.1, 0.15) is 30.1 Å². The van der Waals surface area contributed by atoms with E-state index in [1.165, 1.54) is 0 Å². The van der Waals surface area contributed by atoms with Gasteiger partial charge in [-0.25, -0.2) is 0 Å². The average molecular weight is 310 g/mol. The Morgan fingerprint density at radius 3 is 2.57 bits per heavy atom. The van der Waals surface area contributed by atoms with Gasteiger partial charge in [0.2, 0.25) is 5.91 Å². The highest BCUT2D eigenvalue weighted by molar-refractivity contribution is 6.33. The van der Waals surface area contributed by atoms with Gasteiger partial charge in [-0.1, -0.05) is 24.6 Å². The summed E-state index contributed by atoms with van der Waals surface area (Å²) in [5.74, 6) is 0.00682. The molecule has 1 aromatic rings. The molecule has 0 radical (unpaired) electrons. The van der Waals surface area contributed by atoms with Crippen molar-refractivity contribution in [1.82, 2.24) is 9.80 Å². The third-order valence-electron chi connectivity index (χ3n) is 3.72. The van der Waals surface area contributed by atoms with E-state index in [4.69, 9.17) is 17.3 Å². The van der Waals surface area contributed by atoms with Crippen LogP contribution in [0.5, 0.6) is 0 Å². The van der Waals surface area contributed by atoms with Crippen molar-refractivity contribution >= 4 is 29.1 Å². The Hall–Kier alpha value is -1.75. The Morgan fingerprint density at radius 1 is 1.19 bits per heavy atom. The summed E-state index contributed by atoms with van der Waals surface area (Å²) in [5.41, 5.74) is 6.63. The summed E-state index contributed by atoms with van der Waals surface area (Å²) in [4.78, 5) is 27.9. The molecule has 0 aromatic heterocycles. The van der Waals surface area contributed by atoms with E-state index < -0.39 is 0 Å². The fourth-order valence-corrected chi connectivity index (χ4v) is 2.66. The molecule has 1 aromatic carbocycles. The molecule has 6 heteroatoms. The van der Waals surface area contributed by atoms with Crippen molar-refractivity contribution in [2.24, 2.45) is 0 Å². The number of amides is 2. The molecule has 1 aliphatic rings. The number of carbonyl (C=O) groups excluding carboxylic acids is 2. The maximum Gasteiger partial charge on any atom is 0.256 e. The van der Waals surface area contributed by atoms with E-state index in [9.17, 15) is 9.59 Å². The van der Waals surface area contributed by atoms with E-state index in [2.05, 4.69) is 0 Å². The highest BCUT2D eigenvalue weighted by atomic mass is 35.5. The van der Waals surface area contributed by atoms with Gasteiger partial charge in [-0.15, -0.1) is 0 Å². The first kappa shape index (κ1) is 15.6. The maximum atomic E-state index is 12.6. The molecule has 0 saturated carbocycles. The van der Waals surface area contributed by atoms with Crippen molar-refractivity contribution in [3.63, 3.8) is 0 Å². The van der Waals surface area contributed by atoms with E-state index >= 15 is 0 Å². The molecule has 0 spiro atoms. The summed E-state index contributed by atoms with van der Waals surface area (Å²) in [7, 11) is 0. The SMILES string of the molecule is CCC(=O)N1CCCN(C(=O)c2cccc(Cl)c2N)CC1. The minimum Gasteiger partial charge on any atom is -0.397 e. The van der Waals surface area contributed by atoms with Gasteiger partial charge in [0.25, 0.3) is 5.91 Å². The number of anilines is 1. The van der Waals surface area contributed by atoms with E-state index in [1.807, 2.05) is 11.8 Å². The van der Waals surface area contributed by atoms with Crippen LogP contribution < -0.4 is 5.73 Å². The van der Waals surface area contributed by atoms with Gasteiger partial charge in [0, 0.05) is 32.6 Å². The molecule has 114 valence electrons. The molecule has 5 nitrogen and oxygen atoms in total. The molecular weight excluding hydrogens is 290 g/mol. The molecule has 2 rings (SSSR count). The molecule has 1 saturated heterocycles. The second kappa shape index (κ2) is 6.80. The van der Waals surface area contributed by atoms with Gasteiger partial charge in [0.05, 0.1) is 16.3 Å². The molecule has 0 unspecified atom stereocenters. The number of halogens is 1. The third-order valence-corrected chi connectivity index (χ3v) is 4.05. The quantitative estimate of drug-likeness (QED) is 0.850. The van der Waals surface area contributed by atoms with Crippen LogP contribution in [0.4, 0.5) is 5.69 Å². The van der Waals surface area contributed by atoms with Crippen LogP contribution in [0.2, 0.25) is 5.02 Å². The van der Waals surface area contributed by atoms with Crippen LogP contribution in [0, 0.1) is 0 Å². The number of nitrogen functional groups attached to an aromatic ring is 1. The fourth-order valence-electron chi connectivity index (χ4n) is 2.49. The number of benzene rings is 1. The van der Waals surface area contributed by atoms with Crippen molar-refractivity contribution in [2.45, 2.75) is 19.8 Å².